The van der Waals surface area contributed by atoms with E-state index >= 15 is 0 Å². The lowest BCUT2D eigenvalue weighted by Crippen LogP contribution is -2.47. The first-order chi connectivity index (χ1) is 9.69. The number of carbonyl (C=O) groups excluding carboxylic acids is 1. The molecule has 0 amide bonds. The highest BCUT2D eigenvalue weighted by Gasteiger charge is 2.52. The normalized spacial score (nSPS) is 31.5. The molecular weight excluding hydrogens is 261 g/mol. The Morgan fingerprint density at radius 1 is 1.35 bits per heavy atom. The third-order valence-electron chi connectivity index (χ3n) is 4.20. The molecule has 1 aromatic rings. The molecule has 4 nitrogen and oxygen atoms in total. The van der Waals surface area contributed by atoms with Crippen molar-refractivity contribution in [1.82, 2.24) is 5.32 Å². The number of benzene rings is 1. The standard InChI is InChI=1S/C15H18FNO3/c1-19-15(18)13-11-6-7-12(20-11)14(13)17-8-9-2-4-10(16)5-3-9/h2-5,11-14,17H,6-8H2,1H3/t11-,12+,13?,14?/m1/s1. The van der Waals surface area contributed by atoms with Crippen LogP contribution in [0.1, 0.15) is 18.4 Å². The summed E-state index contributed by atoms with van der Waals surface area (Å²) in [6, 6.07) is 6.33. The van der Waals surface area contributed by atoms with E-state index in [1.54, 1.807) is 12.1 Å². The largest absolute Gasteiger partial charge is 0.469 e. The second-order valence-corrected chi connectivity index (χ2v) is 5.37. The Morgan fingerprint density at radius 3 is 2.75 bits per heavy atom. The van der Waals surface area contributed by atoms with E-state index in [0.717, 1.165) is 18.4 Å². The van der Waals surface area contributed by atoms with Gasteiger partial charge in [0.2, 0.25) is 0 Å². The highest BCUT2D eigenvalue weighted by Crippen LogP contribution is 2.39. The van der Waals surface area contributed by atoms with Crippen molar-refractivity contribution >= 4 is 5.97 Å². The topological polar surface area (TPSA) is 47.6 Å². The summed E-state index contributed by atoms with van der Waals surface area (Å²) in [5.74, 6) is -0.697. The molecule has 108 valence electrons. The third kappa shape index (κ3) is 2.43. The molecule has 2 aliphatic rings. The minimum atomic E-state index is -0.246. The van der Waals surface area contributed by atoms with Crippen molar-refractivity contribution in [3.05, 3.63) is 35.6 Å². The molecule has 0 spiro atoms. The zero-order chi connectivity index (χ0) is 14.1. The van der Waals surface area contributed by atoms with Crippen molar-refractivity contribution in [2.45, 2.75) is 37.6 Å². The van der Waals surface area contributed by atoms with E-state index in [0.29, 0.717) is 6.54 Å². The number of esters is 1. The summed E-state index contributed by atoms with van der Waals surface area (Å²) >= 11 is 0. The highest BCUT2D eigenvalue weighted by molar-refractivity contribution is 5.74. The molecule has 2 fully saturated rings. The third-order valence-corrected chi connectivity index (χ3v) is 4.20. The first-order valence-electron chi connectivity index (χ1n) is 6.90. The molecule has 0 aromatic heterocycles. The van der Waals surface area contributed by atoms with E-state index < -0.39 is 0 Å². The maximum absolute atomic E-state index is 12.9. The Labute approximate surface area is 117 Å². The number of rotatable bonds is 4. The van der Waals surface area contributed by atoms with Gasteiger partial charge in [0.1, 0.15) is 11.7 Å². The van der Waals surface area contributed by atoms with Crippen LogP contribution >= 0.6 is 0 Å². The Kier molecular flexibility index (Phi) is 3.72. The van der Waals surface area contributed by atoms with E-state index in [9.17, 15) is 9.18 Å². The molecular formula is C15H18FNO3. The number of fused-ring (bicyclic) bond motifs is 2. The number of hydrogen-bond donors (Lipinski definition) is 1. The van der Waals surface area contributed by atoms with Gasteiger partial charge in [0.05, 0.1) is 19.3 Å². The summed E-state index contributed by atoms with van der Waals surface area (Å²) in [7, 11) is 1.41. The quantitative estimate of drug-likeness (QED) is 0.851. The number of halogens is 1. The fourth-order valence-electron chi connectivity index (χ4n) is 3.21. The molecule has 20 heavy (non-hydrogen) atoms. The van der Waals surface area contributed by atoms with Crippen LogP contribution in [0.25, 0.3) is 0 Å². The molecule has 1 aromatic carbocycles. The van der Waals surface area contributed by atoms with Crippen molar-refractivity contribution in [3.63, 3.8) is 0 Å². The van der Waals surface area contributed by atoms with Crippen LogP contribution in [-0.4, -0.2) is 31.3 Å². The molecule has 4 atom stereocenters. The van der Waals surface area contributed by atoms with Crippen LogP contribution in [0.15, 0.2) is 24.3 Å². The molecule has 2 aliphatic heterocycles. The summed E-state index contributed by atoms with van der Waals surface area (Å²) in [6.07, 6.45) is 1.93. The molecule has 2 saturated heterocycles. The summed E-state index contributed by atoms with van der Waals surface area (Å²) in [4.78, 5) is 11.9. The number of nitrogens with one attached hydrogen (secondary N) is 1. The van der Waals surface area contributed by atoms with Gasteiger partial charge in [-0.3, -0.25) is 4.79 Å². The maximum Gasteiger partial charge on any atom is 0.313 e. The lowest BCUT2D eigenvalue weighted by Gasteiger charge is -2.26. The maximum atomic E-state index is 12.9. The van der Waals surface area contributed by atoms with E-state index in [1.165, 1.54) is 19.2 Å². The monoisotopic (exact) mass is 279 g/mol. The first-order valence-corrected chi connectivity index (χ1v) is 6.90. The zero-order valence-corrected chi connectivity index (χ0v) is 11.3. The molecule has 2 heterocycles. The summed E-state index contributed by atoms with van der Waals surface area (Å²) < 4.78 is 23.5. The Hall–Kier alpha value is -1.46. The molecule has 0 radical (unpaired) electrons. The molecule has 0 aliphatic carbocycles. The van der Waals surface area contributed by atoms with Gasteiger partial charge in [-0.2, -0.15) is 0 Å². The molecule has 1 N–H and O–H groups in total. The van der Waals surface area contributed by atoms with Gasteiger partial charge in [-0.15, -0.1) is 0 Å². The Bertz CT molecular complexity index is 490. The minimum Gasteiger partial charge on any atom is -0.469 e. The number of methoxy groups -OCH3 is 1. The first kappa shape index (κ1) is 13.5. The van der Waals surface area contributed by atoms with Crippen LogP contribution in [0.4, 0.5) is 4.39 Å². The molecule has 0 saturated carbocycles. The zero-order valence-electron chi connectivity index (χ0n) is 11.3. The Morgan fingerprint density at radius 2 is 2.05 bits per heavy atom. The van der Waals surface area contributed by atoms with Crippen molar-refractivity contribution in [3.8, 4) is 0 Å². The van der Waals surface area contributed by atoms with Crippen LogP contribution in [0.5, 0.6) is 0 Å². The number of ether oxygens (including phenoxy) is 2. The summed E-state index contributed by atoms with van der Waals surface area (Å²) in [5, 5.41) is 3.37. The van der Waals surface area contributed by atoms with Gasteiger partial charge < -0.3 is 14.8 Å². The predicted molar refractivity (Wildman–Crippen MR) is 70.4 cm³/mol. The fourth-order valence-corrected chi connectivity index (χ4v) is 3.21. The molecule has 5 heteroatoms. The van der Waals surface area contributed by atoms with Crippen LogP contribution in [0, 0.1) is 11.7 Å². The van der Waals surface area contributed by atoms with E-state index in [2.05, 4.69) is 5.32 Å². The summed E-state index contributed by atoms with van der Waals surface area (Å²) in [5.41, 5.74) is 0.984. The van der Waals surface area contributed by atoms with Gasteiger partial charge in [-0.1, -0.05) is 12.1 Å². The fraction of sp³-hybridized carbons (Fsp3) is 0.533. The average Bonchev–Trinajstić information content (AvgIpc) is 3.06. The van der Waals surface area contributed by atoms with Crippen molar-refractivity contribution in [2.75, 3.05) is 7.11 Å². The van der Waals surface area contributed by atoms with Gasteiger partial charge in [-0.25, -0.2) is 4.39 Å². The van der Waals surface area contributed by atoms with Gasteiger partial charge in [0, 0.05) is 12.6 Å². The van der Waals surface area contributed by atoms with Gasteiger partial charge in [0.15, 0.2) is 0 Å². The molecule has 2 unspecified atom stereocenters. The van der Waals surface area contributed by atoms with Crippen LogP contribution < -0.4 is 5.32 Å². The molecule has 3 rings (SSSR count). The average molecular weight is 279 g/mol. The number of carbonyl (C=O) groups is 1. The van der Waals surface area contributed by atoms with Crippen LogP contribution in [0.2, 0.25) is 0 Å². The predicted octanol–water partition coefficient (Wildman–Crippen LogP) is 1.63. The second kappa shape index (κ2) is 5.50. The van der Waals surface area contributed by atoms with E-state index in [4.69, 9.17) is 9.47 Å². The second-order valence-electron chi connectivity index (χ2n) is 5.37. The van der Waals surface area contributed by atoms with E-state index in [1.807, 2.05) is 0 Å². The summed E-state index contributed by atoms with van der Waals surface area (Å²) in [6.45, 7) is 0.588. The SMILES string of the molecule is COC(=O)C1C(NCc2ccc(F)cc2)[C@@H]2CC[C@H]1O2. The van der Waals surface area contributed by atoms with Crippen LogP contribution in [0.3, 0.4) is 0 Å². The van der Waals surface area contributed by atoms with Gasteiger partial charge >= 0.3 is 5.97 Å². The highest BCUT2D eigenvalue weighted by atomic mass is 19.1. The van der Waals surface area contributed by atoms with Gasteiger partial charge in [0.25, 0.3) is 0 Å². The number of hydrogen-bond acceptors (Lipinski definition) is 4. The minimum absolute atomic E-state index is 0.0220. The Balaban J connectivity index is 1.66. The smallest absolute Gasteiger partial charge is 0.313 e. The lowest BCUT2D eigenvalue weighted by molar-refractivity contribution is -0.147. The van der Waals surface area contributed by atoms with Crippen molar-refractivity contribution in [1.29, 1.82) is 0 Å². The van der Waals surface area contributed by atoms with Crippen molar-refractivity contribution < 1.29 is 18.7 Å². The van der Waals surface area contributed by atoms with Crippen molar-refractivity contribution in [2.24, 2.45) is 5.92 Å². The molecule has 2 bridgehead atoms. The van der Waals surface area contributed by atoms with Crippen LogP contribution in [-0.2, 0) is 20.8 Å². The van der Waals surface area contributed by atoms with E-state index in [-0.39, 0.29) is 36.0 Å². The lowest BCUT2D eigenvalue weighted by atomic mass is 9.84. The van der Waals surface area contributed by atoms with Gasteiger partial charge in [-0.05, 0) is 30.5 Å².